The highest BCUT2D eigenvalue weighted by molar-refractivity contribution is 5.47. The van der Waals surface area contributed by atoms with Crippen molar-refractivity contribution in [3.63, 3.8) is 0 Å². The molecule has 2 atom stereocenters. The van der Waals surface area contributed by atoms with Crippen molar-refractivity contribution in [3.8, 4) is 0 Å². The molecule has 3 heterocycles. The molecule has 2 aromatic heterocycles. The molecule has 130 valence electrons. The van der Waals surface area contributed by atoms with Crippen LogP contribution in [0.1, 0.15) is 36.8 Å². The third-order valence-electron chi connectivity index (χ3n) is 4.83. The van der Waals surface area contributed by atoms with Crippen LogP contribution in [0.2, 0.25) is 0 Å². The number of halogens is 1. The van der Waals surface area contributed by atoms with Crippen LogP contribution in [-0.2, 0) is 0 Å². The molecule has 0 aliphatic carbocycles. The summed E-state index contributed by atoms with van der Waals surface area (Å²) in [5.41, 5.74) is 1.47. The maximum Gasteiger partial charge on any atom is 0.178 e. The van der Waals surface area contributed by atoms with Crippen LogP contribution in [0.5, 0.6) is 0 Å². The first-order chi connectivity index (χ1) is 12.1. The summed E-state index contributed by atoms with van der Waals surface area (Å²) in [6.07, 6.45) is 2.03. The van der Waals surface area contributed by atoms with E-state index in [1.165, 1.54) is 12.1 Å². The number of fused-ring (bicyclic) bond motifs is 1. The van der Waals surface area contributed by atoms with Gasteiger partial charge in [0.1, 0.15) is 11.6 Å². The lowest BCUT2D eigenvalue weighted by atomic mass is 10.0. The zero-order chi connectivity index (χ0) is 17.4. The van der Waals surface area contributed by atoms with Gasteiger partial charge in [0, 0.05) is 12.6 Å². The maximum atomic E-state index is 13.1. The van der Waals surface area contributed by atoms with Crippen molar-refractivity contribution < 1.29 is 9.50 Å². The summed E-state index contributed by atoms with van der Waals surface area (Å²) in [7, 11) is 0. The summed E-state index contributed by atoms with van der Waals surface area (Å²) < 4.78 is 14.8. The van der Waals surface area contributed by atoms with Gasteiger partial charge in [0.15, 0.2) is 11.5 Å². The Morgan fingerprint density at radius 3 is 2.80 bits per heavy atom. The van der Waals surface area contributed by atoms with E-state index in [0.29, 0.717) is 6.42 Å². The largest absolute Gasteiger partial charge is 0.388 e. The van der Waals surface area contributed by atoms with E-state index >= 15 is 0 Å². The van der Waals surface area contributed by atoms with Crippen molar-refractivity contribution in [3.05, 3.63) is 53.6 Å². The molecule has 0 spiro atoms. The molecule has 0 amide bonds. The fourth-order valence-corrected chi connectivity index (χ4v) is 3.50. The summed E-state index contributed by atoms with van der Waals surface area (Å²) in [4.78, 5) is 2.23. The second kappa shape index (κ2) is 6.40. The number of aromatic nitrogens is 4. The summed E-state index contributed by atoms with van der Waals surface area (Å²) in [6, 6.07) is 10.1. The van der Waals surface area contributed by atoms with Crippen LogP contribution >= 0.6 is 0 Å². The molecule has 3 aromatic rings. The van der Waals surface area contributed by atoms with Crippen molar-refractivity contribution in [2.24, 2.45) is 0 Å². The second-order valence-electron chi connectivity index (χ2n) is 6.50. The number of aliphatic hydroxyl groups is 1. The molecule has 6 nitrogen and oxygen atoms in total. The third kappa shape index (κ3) is 3.07. The summed E-state index contributed by atoms with van der Waals surface area (Å²) in [6.45, 7) is 2.77. The third-order valence-corrected chi connectivity index (χ3v) is 4.83. The molecule has 0 saturated carbocycles. The minimum absolute atomic E-state index is 0.196. The van der Waals surface area contributed by atoms with E-state index in [-0.39, 0.29) is 11.9 Å². The average molecular weight is 341 g/mol. The number of aryl methyl sites for hydroxylation is 1. The zero-order valence-electron chi connectivity index (χ0n) is 14.0. The van der Waals surface area contributed by atoms with Gasteiger partial charge in [0.25, 0.3) is 0 Å². The second-order valence-corrected chi connectivity index (χ2v) is 6.50. The highest BCUT2D eigenvalue weighted by atomic mass is 19.1. The van der Waals surface area contributed by atoms with E-state index in [2.05, 4.69) is 20.2 Å². The molecule has 1 aliphatic heterocycles. The number of anilines is 1. The molecule has 25 heavy (non-hydrogen) atoms. The van der Waals surface area contributed by atoms with Gasteiger partial charge in [-0.2, -0.15) is 4.52 Å². The number of hydrogen-bond donors (Lipinski definition) is 1. The predicted molar refractivity (Wildman–Crippen MR) is 91.9 cm³/mol. The van der Waals surface area contributed by atoms with Gasteiger partial charge in [-0.1, -0.05) is 12.1 Å². The van der Waals surface area contributed by atoms with Crippen LogP contribution in [0.25, 0.3) is 5.65 Å². The van der Waals surface area contributed by atoms with E-state index in [1.54, 1.807) is 16.6 Å². The standard InChI is InChI=1S/C18H20FN5O/c1-12-20-21-17-8-9-18(22-24(12)17)23-10-2-3-15(23)11-16(25)13-4-6-14(19)7-5-13/h4-9,15-16,25H,2-3,10-11H2,1H3/t15-,16+/m1/s1. The monoisotopic (exact) mass is 341 g/mol. The van der Waals surface area contributed by atoms with E-state index in [1.807, 2.05) is 19.1 Å². The molecule has 1 aromatic carbocycles. The van der Waals surface area contributed by atoms with E-state index in [4.69, 9.17) is 0 Å². The van der Waals surface area contributed by atoms with Gasteiger partial charge in [-0.15, -0.1) is 15.3 Å². The van der Waals surface area contributed by atoms with Gasteiger partial charge in [-0.3, -0.25) is 0 Å². The Kier molecular flexibility index (Phi) is 4.09. The first kappa shape index (κ1) is 16.0. The normalized spacial score (nSPS) is 18.8. The lowest BCUT2D eigenvalue weighted by Crippen LogP contribution is -2.31. The van der Waals surface area contributed by atoms with Crippen molar-refractivity contribution in [1.29, 1.82) is 0 Å². The van der Waals surface area contributed by atoms with Crippen LogP contribution in [-0.4, -0.2) is 37.5 Å². The SMILES string of the molecule is Cc1nnc2ccc(N3CCC[C@@H]3C[C@H](O)c3ccc(F)cc3)nn12. The van der Waals surface area contributed by atoms with Gasteiger partial charge in [0.2, 0.25) is 0 Å². The van der Waals surface area contributed by atoms with E-state index < -0.39 is 6.10 Å². The topological polar surface area (TPSA) is 66.5 Å². The van der Waals surface area contributed by atoms with Crippen molar-refractivity contribution in [2.45, 2.75) is 38.3 Å². The van der Waals surface area contributed by atoms with E-state index in [9.17, 15) is 9.50 Å². The molecule has 1 aliphatic rings. The Bertz CT molecular complexity index is 879. The van der Waals surface area contributed by atoms with Crippen molar-refractivity contribution >= 4 is 11.5 Å². The average Bonchev–Trinajstić information content (AvgIpc) is 3.22. The molecule has 1 fully saturated rings. The van der Waals surface area contributed by atoms with Crippen LogP contribution in [0.15, 0.2) is 36.4 Å². The Labute approximate surface area is 144 Å². The Morgan fingerprint density at radius 1 is 1.20 bits per heavy atom. The molecule has 7 heteroatoms. The Balaban J connectivity index is 1.54. The number of benzene rings is 1. The molecule has 0 bridgehead atoms. The fourth-order valence-electron chi connectivity index (χ4n) is 3.50. The molecular formula is C18H20FN5O. The molecule has 1 saturated heterocycles. The number of hydrogen-bond acceptors (Lipinski definition) is 5. The highest BCUT2D eigenvalue weighted by Crippen LogP contribution is 2.30. The van der Waals surface area contributed by atoms with Crippen molar-refractivity contribution in [1.82, 2.24) is 19.8 Å². The van der Waals surface area contributed by atoms with Gasteiger partial charge in [-0.25, -0.2) is 4.39 Å². The predicted octanol–water partition coefficient (Wildman–Crippen LogP) is 2.66. The lowest BCUT2D eigenvalue weighted by molar-refractivity contribution is 0.158. The van der Waals surface area contributed by atoms with Gasteiger partial charge in [-0.05, 0) is 56.0 Å². The fraction of sp³-hybridized carbons (Fsp3) is 0.389. The first-order valence-electron chi connectivity index (χ1n) is 8.51. The zero-order valence-corrected chi connectivity index (χ0v) is 14.0. The molecular weight excluding hydrogens is 321 g/mol. The smallest absolute Gasteiger partial charge is 0.178 e. The number of rotatable bonds is 4. The van der Waals surface area contributed by atoms with Gasteiger partial charge < -0.3 is 10.0 Å². The molecule has 0 unspecified atom stereocenters. The summed E-state index contributed by atoms with van der Waals surface area (Å²) in [5, 5.41) is 23.3. The Hall–Kier alpha value is -2.54. The minimum atomic E-state index is -0.619. The quantitative estimate of drug-likeness (QED) is 0.790. The number of aliphatic hydroxyl groups excluding tert-OH is 1. The van der Waals surface area contributed by atoms with Gasteiger partial charge >= 0.3 is 0 Å². The van der Waals surface area contributed by atoms with Crippen LogP contribution in [0, 0.1) is 12.7 Å². The highest BCUT2D eigenvalue weighted by Gasteiger charge is 2.28. The van der Waals surface area contributed by atoms with Crippen LogP contribution < -0.4 is 4.90 Å². The molecule has 1 N–H and O–H groups in total. The summed E-state index contributed by atoms with van der Waals surface area (Å²) in [5.74, 6) is 1.32. The Morgan fingerprint density at radius 2 is 2.00 bits per heavy atom. The maximum absolute atomic E-state index is 13.1. The van der Waals surface area contributed by atoms with Crippen LogP contribution in [0.3, 0.4) is 0 Å². The van der Waals surface area contributed by atoms with E-state index in [0.717, 1.165) is 42.2 Å². The lowest BCUT2D eigenvalue weighted by Gasteiger charge is -2.27. The first-order valence-corrected chi connectivity index (χ1v) is 8.51. The van der Waals surface area contributed by atoms with Gasteiger partial charge in [0.05, 0.1) is 6.10 Å². The molecule has 0 radical (unpaired) electrons. The number of nitrogens with zero attached hydrogens (tertiary/aromatic N) is 5. The minimum Gasteiger partial charge on any atom is -0.388 e. The van der Waals surface area contributed by atoms with Crippen LogP contribution in [0.4, 0.5) is 10.2 Å². The summed E-state index contributed by atoms with van der Waals surface area (Å²) >= 11 is 0. The molecule has 4 rings (SSSR count). The van der Waals surface area contributed by atoms with Crippen molar-refractivity contribution in [2.75, 3.05) is 11.4 Å².